The molecule has 7 heteroatoms. The number of hydrogen-bond donors (Lipinski definition) is 0. The topological polar surface area (TPSA) is 40.2 Å². The van der Waals surface area contributed by atoms with Gasteiger partial charge in [-0.3, -0.25) is 4.57 Å². The van der Waals surface area contributed by atoms with Crippen molar-refractivity contribution in [2.45, 2.75) is 46.3 Å². The van der Waals surface area contributed by atoms with E-state index in [-0.39, 0.29) is 0 Å². The lowest BCUT2D eigenvalue weighted by atomic mass is 10.9. The molecular formula is C13H33NO4Si2. The van der Waals surface area contributed by atoms with E-state index in [4.69, 9.17) is 17.7 Å². The molecule has 0 aliphatic carbocycles. The standard InChI is InChI=1S/C13H33NO4Si2/c1-8-15-19(7,16-9-2)12-13-20(14(5)6,17-10-3)18-11-4/h8-13H2,1-7H3. The van der Waals surface area contributed by atoms with Gasteiger partial charge in [-0.25, -0.2) is 0 Å². The highest BCUT2D eigenvalue weighted by Gasteiger charge is 2.44. The molecule has 0 aromatic carbocycles. The number of rotatable bonds is 12. The largest absolute Gasteiger partial charge is 0.427 e. The first-order valence-electron chi connectivity index (χ1n) is 7.62. The van der Waals surface area contributed by atoms with Crippen molar-refractivity contribution in [3.63, 3.8) is 0 Å². The Morgan fingerprint density at radius 3 is 1.40 bits per heavy atom. The van der Waals surface area contributed by atoms with Gasteiger partial charge in [-0.1, -0.05) is 0 Å². The van der Waals surface area contributed by atoms with Gasteiger partial charge in [0.05, 0.1) is 0 Å². The van der Waals surface area contributed by atoms with Crippen LogP contribution in [0.2, 0.25) is 18.6 Å². The Labute approximate surface area is 127 Å². The highest BCUT2D eigenvalue weighted by Crippen LogP contribution is 2.25. The first-order chi connectivity index (χ1) is 9.39. The molecule has 0 unspecified atom stereocenters. The molecule has 5 nitrogen and oxygen atoms in total. The Morgan fingerprint density at radius 1 is 0.700 bits per heavy atom. The number of hydrogen-bond acceptors (Lipinski definition) is 5. The molecule has 0 aliphatic heterocycles. The van der Waals surface area contributed by atoms with E-state index in [1.807, 2.05) is 41.8 Å². The predicted molar refractivity (Wildman–Crippen MR) is 87.2 cm³/mol. The molecule has 0 aromatic heterocycles. The normalized spacial score (nSPS) is 13.2. The molecule has 0 aromatic rings. The van der Waals surface area contributed by atoms with Crippen LogP contribution in [0, 0.1) is 0 Å². The first kappa shape index (κ1) is 20.2. The fourth-order valence-electron chi connectivity index (χ4n) is 2.30. The van der Waals surface area contributed by atoms with Gasteiger partial charge < -0.3 is 17.7 Å². The van der Waals surface area contributed by atoms with E-state index in [2.05, 4.69) is 11.1 Å². The van der Waals surface area contributed by atoms with Crippen LogP contribution in [0.1, 0.15) is 27.7 Å². The first-order valence-corrected chi connectivity index (χ1v) is 12.1. The summed E-state index contributed by atoms with van der Waals surface area (Å²) in [5.41, 5.74) is 0. The second-order valence-corrected chi connectivity index (χ2v) is 11.7. The third-order valence-corrected chi connectivity index (χ3v) is 10.4. The highest BCUT2D eigenvalue weighted by atomic mass is 28.4. The van der Waals surface area contributed by atoms with Crippen LogP contribution in [0.5, 0.6) is 0 Å². The van der Waals surface area contributed by atoms with Gasteiger partial charge in [-0.2, -0.15) is 0 Å². The lowest BCUT2D eigenvalue weighted by molar-refractivity contribution is 0.136. The Bertz CT molecular complexity index is 243. The van der Waals surface area contributed by atoms with Gasteiger partial charge in [0.15, 0.2) is 0 Å². The second-order valence-electron chi connectivity index (χ2n) is 4.97. The molecule has 0 N–H and O–H groups in total. The van der Waals surface area contributed by atoms with Crippen LogP contribution in [-0.2, 0) is 17.7 Å². The maximum absolute atomic E-state index is 6.04. The smallest absolute Gasteiger partial charge is 0.395 e. The molecule has 0 amide bonds. The van der Waals surface area contributed by atoms with E-state index in [0.29, 0.717) is 26.4 Å². The SMILES string of the molecule is CCO[Si](C)(CC[Si](OCC)(OCC)N(C)C)OCC. The molecule has 0 rings (SSSR count). The third kappa shape index (κ3) is 6.34. The summed E-state index contributed by atoms with van der Waals surface area (Å²) in [5.74, 6) is 0. The summed E-state index contributed by atoms with van der Waals surface area (Å²) < 4.78 is 26.0. The molecule has 0 radical (unpaired) electrons. The molecule has 0 atom stereocenters. The van der Waals surface area contributed by atoms with Gasteiger partial charge >= 0.3 is 17.3 Å². The molecule has 0 heterocycles. The minimum absolute atomic E-state index is 0.673. The van der Waals surface area contributed by atoms with E-state index in [9.17, 15) is 0 Å². The summed E-state index contributed by atoms with van der Waals surface area (Å²) in [6.07, 6.45) is 0. The Kier molecular flexibility index (Phi) is 10.2. The lowest BCUT2D eigenvalue weighted by Crippen LogP contribution is -2.56. The predicted octanol–water partition coefficient (Wildman–Crippen LogP) is 2.70. The maximum Gasteiger partial charge on any atom is 0.427 e. The average molecular weight is 324 g/mol. The van der Waals surface area contributed by atoms with E-state index < -0.39 is 17.3 Å². The molecule has 20 heavy (non-hydrogen) atoms. The van der Waals surface area contributed by atoms with Gasteiger partial charge in [-0.05, 0) is 54.4 Å². The van der Waals surface area contributed by atoms with Crippen molar-refractivity contribution in [1.29, 1.82) is 0 Å². The summed E-state index contributed by atoms with van der Waals surface area (Å²) >= 11 is 0. The lowest BCUT2D eigenvalue weighted by Gasteiger charge is -2.37. The van der Waals surface area contributed by atoms with Crippen LogP contribution >= 0.6 is 0 Å². The quantitative estimate of drug-likeness (QED) is 0.516. The van der Waals surface area contributed by atoms with Crippen molar-refractivity contribution in [2.75, 3.05) is 40.5 Å². The van der Waals surface area contributed by atoms with E-state index in [0.717, 1.165) is 12.1 Å². The Hall–Kier alpha value is 0.234. The molecule has 0 bridgehead atoms. The van der Waals surface area contributed by atoms with E-state index in [1.54, 1.807) is 0 Å². The fraction of sp³-hybridized carbons (Fsp3) is 1.00. The van der Waals surface area contributed by atoms with Crippen LogP contribution in [0.3, 0.4) is 0 Å². The van der Waals surface area contributed by atoms with Crippen LogP contribution in [0.25, 0.3) is 0 Å². The molecule has 0 spiro atoms. The minimum atomic E-state index is -2.33. The summed E-state index contributed by atoms with van der Waals surface area (Å²) in [4.78, 5) is 0. The van der Waals surface area contributed by atoms with Crippen LogP contribution < -0.4 is 0 Å². The average Bonchev–Trinajstić information content (AvgIpc) is 2.37. The van der Waals surface area contributed by atoms with Gasteiger partial charge in [0.1, 0.15) is 0 Å². The van der Waals surface area contributed by atoms with Gasteiger partial charge in [0, 0.05) is 32.5 Å². The Balaban J connectivity index is 4.86. The summed E-state index contributed by atoms with van der Waals surface area (Å²) in [6.45, 7) is 12.9. The zero-order valence-electron chi connectivity index (χ0n) is 14.3. The zero-order chi connectivity index (χ0) is 15.6. The van der Waals surface area contributed by atoms with Crippen LogP contribution in [0.15, 0.2) is 0 Å². The van der Waals surface area contributed by atoms with Crippen molar-refractivity contribution < 1.29 is 17.7 Å². The van der Waals surface area contributed by atoms with Crippen molar-refractivity contribution in [1.82, 2.24) is 4.57 Å². The van der Waals surface area contributed by atoms with Crippen molar-refractivity contribution in [3.8, 4) is 0 Å². The molecule has 0 saturated carbocycles. The third-order valence-electron chi connectivity index (χ3n) is 3.22. The summed E-state index contributed by atoms with van der Waals surface area (Å²) in [7, 11) is -0.369. The van der Waals surface area contributed by atoms with Crippen molar-refractivity contribution in [2.24, 2.45) is 0 Å². The molecular weight excluding hydrogens is 290 g/mol. The zero-order valence-corrected chi connectivity index (χ0v) is 16.3. The van der Waals surface area contributed by atoms with Crippen LogP contribution in [-0.4, -0.2) is 62.4 Å². The number of nitrogens with zero attached hydrogens (tertiary/aromatic N) is 1. The summed E-state index contributed by atoms with van der Waals surface area (Å²) in [6, 6.07) is 1.78. The van der Waals surface area contributed by atoms with Crippen molar-refractivity contribution in [3.05, 3.63) is 0 Å². The minimum Gasteiger partial charge on any atom is -0.395 e. The Morgan fingerprint density at radius 2 is 1.10 bits per heavy atom. The summed E-state index contributed by atoms with van der Waals surface area (Å²) in [5, 5.41) is 0. The molecule has 0 fully saturated rings. The highest BCUT2D eigenvalue weighted by molar-refractivity contribution is 6.71. The van der Waals surface area contributed by atoms with Gasteiger partial charge in [0.2, 0.25) is 0 Å². The second kappa shape index (κ2) is 10.0. The van der Waals surface area contributed by atoms with E-state index in [1.165, 1.54) is 0 Å². The maximum atomic E-state index is 6.04. The fourth-order valence-corrected chi connectivity index (χ4v) is 9.21. The van der Waals surface area contributed by atoms with Crippen molar-refractivity contribution >= 4 is 17.3 Å². The van der Waals surface area contributed by atoms with E-state index >= 15 is 0 Å². The monoisotopic (exact) mass is 323 g/mol. The molecule has 0 saturated heterocycles. The molecule has 0 aliphatic rings. The van der Waals surface area contributed by atoms with Gasteiger partial charge in [-0.15, -0.1) is 0 Å². The molecule has 122 valence electrons. The van der Waals surface area contributed by atoms with Gasteiger partial charge in [0.25, 0.3) is 0 Å². The van der Waals surface area contributed by atoms with Crippen LogP contribution in [0.4, 0.5) is 0 Å².